The normalized spacial score (nSPS) is 18.3. The first-order chi connectivity index (χ1) is 22.9. The quantitative estimate of drug-likeness (QED) is 0.135. The van der Waals surface area contributed by atoms with Gasteiger partial charge in [-0.1, -0.05) is 82.5 Å². The van der Waals surface area contributed by atoms with Crippen LogP contribution < -0.4 is 16.0 Å². The Bertz CT molecular complexity index is 1770. The van der Waals surface area contributed by atoms with Crippen molar-refractivity contribution < 1.29 is 23.5 Å². The van der Waals surface area contributed by atoms with Crippen molar-refractivity contribution in [2.45, 2.75) is 97.9 Å². The van der Waals surface area contributed by atoms with Gasteiger partial charge in [0, 0.05) is 24.4 Å². The summed E-state index contributed by atoms with van der Waals surface area (Å²) in [4.78, 5) is 45.4. The third-order valence-electron chi connectivity index (χ3n) is 9.57. The summed E-state index contributed by atoms with van der Waals surface area (Å²) in [6, 6.07) is 11.7. The fourth-order valence-corrected chi connectivity index (χ4v) is 6.63. The van der Waals surface area contributed by atoms with E-state index in [0.717, 1.165) is 39.7 Å². The number of aryl methyl sites for hydroxylation is 3. The van der Waals surface area contributed by atoms with E-state index in [-0.39, 0.29) is 30.8 Å². The van der Waals surface area contributed by atoms with Crippen molar-refractivity contribution in [3.05, 3.63) is 81.7 Å². The Balaban J connectivity index is 1.47. The summed E-state index contributed by atoms with van der Waals surface area (Å²) >= 11 is 6.64. The molecule has 2 heterocycles. The van der Waals surface area contributed by atoms with E-state index in [0.29, 0.717) is 36.1 Å². The van der Waals surface area contributed by atoms with Crippen LogP contribution in [-0.2, 0) is 33.8 Å². The molecule has 0 radical (unpaired) electrons. The predicted molar refractivity (Wildman–Crippen MR) is 183 cm³/mol. The van der Waals surface area contributed by atoms with Gasteiger partial charge in [-0.3, -0.25) is 9.59 Å². The van der Waals surface area contributed by atoms with Crippen molar-refractivity contribution in [3.8, 4) is 0 Å². The van der Waals surface area contributed by atoms with Crippen LogP contribution in [-0.4, -0.2) is 44.7 Å². The van der Waals surface area contributed by atoms with Gasteiger partial charge < -0.3 is 30.1 Å². The minimum Gasteiger partial charge on any atom is -0.445 e. The summed E-state index contributed by atoms with van der Waals surface area (Å²) < 4.78 is 11.2. The number of alkyl carbamates (subject to hydrolysis) is 1. The molecule has 2 unspecified atom stereocenters. The summed E-state index contributed by atoms with van der Waals surface area (Å²) in [6.07, 6.45) is 1.63. The zero-order valence-electron chi connectivity index (χ0n) is 28.4. The third kappa shape index (κ3) is 7.51. The molecule has 0 bridgehead atoms. The van der Waals surface area contributed by atoms with E-state index in [9.17, 15) is 14.4 Å². The average molecular weight is 677 g/mol. The summed E-state index contributed by atoms with van der Waals surface area (Å²) in [6.45, 7) is 11.6. The van der Waals surface area contributed by atoms with Gasteiger partial charge in [0.05, 0.1) is 10.5 Å². The van der Waals surface area contributed by atoms with Crippen LogP contribution in [0.3, 0.4) is 0 Å². The summed E-state index contributed by atoms with van der Waals surface area (Å²) in [7, 11) is 0. The Morgan fingerprint density at radius 2 is 1.77 bits per heavy atom. The van der Waals surface area contributed by atoms with Gasteiger partial charge in [0.15, 0.2) is 0 Å². The van der Waals surface area contributed by atoms with Gasteiger partial charge in [-0.2, -0.15) is 0 Å². The standard InChI is InChI=1S/C36H45ClN6O5/c1-7-21(4)29(40-35(46)47-19-24-12-10-9-11-13-24)32(44)41-36(34(45)39-30(22(5)8-2)33-43-42-23(6)48-33)15-14-28-26(18-36)25-16-20(3)17-27(37)31(25)38-28/h9-13,16-17,21-22,29-30,38H,7-8,14-15,18-19H2,1-6H3,(H,39,45)(H,40,46)(H,41,44)/t21?,22?,29-,30-,36-/m0/s1. The van der Waals surface area contributed by atoms with Gasteiger partial charge in [-0.05, 0) is 60.4 Å². The lowest BCUT2D eigenvalue weighted by atomic mass is 9.78. The van der Waals surface area contributed by atoms with Gasteiger partial charge in [-0.15, -0.1) is 10.2 Å². The third-order valence-corrected chi connectivity index (χ3v) is 9.86. The molecule has 0 saturated carbocycles. The Kier molecular flexibility index (Phi) is 10.8. The van der Waals surface area contributed by atoms with E-state index in [2.05, 4.69) is 31.1 Å². The number of nitrogens with zero attached hydrogens (tertiary/aromatic N) is 2. The van der Waals surface area contributed by atoms with Crippen molar-refractivity contribution in [1.82, 2.24) is 31.1 Å². The van der Waals surface area contributed by atoms with Crippen LogP contribution in [0, 0.1) is 25.7 Å². The first kappa shape index (κ1) is 34.9. The molecule has 12 heteroatoms. The highest BCUT2D eigenvalue weighted by atomic mass is 35.5. The second kappa shape index (κ2) is 14.8. The number of hydrogen-bond donors (Lipinski definition) is 4. The van der Waals surface area contributed by atoms with E-state index in [1.54, 1.807) is 6.92 Å². The van der Waals surface area contributed by atoms with E-state index in [4.69, 9.17) is 20.8 Å². The highest BCUT2D eigenvalue weighted by Gasteiger charge is 2.47. The van der Waals surface area contributed by atoms with Gasteiger partial charge in [-0.25, -0.2) is 4.79 Å². The number of halogens is 1. The highest BCUT2D eigenvalue weighted by Crippen LogP contribution is 2.38. The lowest BCUT2D eigenvalue weighted by Crippen LogP contribution is -2.65. The van der Waals surface area contributed by atoms with E-state index in [1.807, 2.05) is 77.1 Å². The lowest BCUT2D eigenvalue weighted by molar-refractivity contribution is -0.136. The summed E-state index contributed by atoms with van der Waals surface area (Å²) in [5.41, 5.74) is 3.14. The Labute approximate surface area is 285 Å². The van der Waals surface area contributed by atoms with Crippen LogP contribution in [0.25, 0.3) is 10.9 Å². The first-order valence-corrected chi connectivity index (χ1v) is 17.0. The largest absolute Gasteiger partial charge is 0.445 e. The Morgan fingerprint density at radius 1 is 1.04 bits per heavy atom. The van der Waals surface area contributed by atoms with Crippen molar-refractivity contribution in [1.29, 1.82) is 0 Å². The van der Waals surface area contributed by atoms with Crippen molar-refractivity contribution in [2.75, 3.05) is 0 Å². The molecule has 0 spiro atoms. The number of fused-ring (bicyclic) bond motifs is 3. The lowest BCUT2D eigenvalue weighted by Gasteiger charge is -2.39. The number of carbonyl (C=O) groups is 3. The maximum Gasteiger partial charge on any atom is 0.408 e. The Morgan fingerprint density at radius 3 is 2.44 bits per heavy atom. The zero-order valence-corrected chi connectivity index (χ0v) is 29.2. The molecule has 11 nitrogen and oxygen atoms in total. The predicted octanol–water partition coefficient (Wildman–Crippen LogP) is 6.41. The number of rotatable bonds is 12. The van der Waals surface area contributed by atoms with Gasteiger partial charge >= 0.3 is 6.09 Å². The molecule has 0 saturated heterocycles. The number of hydrogen-bond acceptors (Lipinski definition) is 7. The minimum absolute atomic E-state index is 0.0378. The van der Waals surface area contributed by atoms with Gasteiger partial charge in [0.25, 0.3) is 0 Å². The fraction of sp³-hybridized carbons (Fsp3) is 0.472. The second-order valence-corrected chi connectivity index (χ2v) is 13.5. The molecule has 0 aliphatic heterocycles. The molecule has 48 heavy (non-hydrogen) atoms. The molecule has 2 aromatic heterocycles. The SMILES string of the molecule is CCC(C)[C@H](NC(=O)OCc1ccccc1)C(=O)N[C@@]1(C(=O)N[C@H](c2nnc(C)o2)C(C)CC)CCc2[nH]c3c(Cl)cc(C)cc3c2C1. The van der Waals surface area contributed by atoms with Crippen LogP contribution in [0.15, 0.2) is 46.9 Å². The minimum atomic E-state index is -1.36. The molecule has 4 aromatic rings. The molecular weight excluding hydrogens is 632 g/mol. The number of amides is 3. The van der Waals surface area contributed by atoms with Crippen molar-refractivity contribution >= 4 is 40.4 Å². The van der Waals surface area contributed by atoms with Gasteiger partial charge in [0.2, 0.25) is 23.6 Å². The maximum absolute atomic E-state index is 14.6. The fourth-order valence-electron chi connectivity index (χ4n) is 6.30. The molecular formula is C36H45ClN6O5. The molecule has 1 aliphatic rings. The van der Waals surface area contributed by atoms with Crippen LogP contribution in [0.5, 0.6) is 0 Å². The number of carbonyl (C=O) groups excluding carboxylic acids is 3. The zero-order chi connectivity index (χ0) is 34.6. The molecule has 3 amide bonds. The van der Waals surface area contributed by atoms with Gasteiger partial charge in [0.1, 0.15) is 24.2 Å². The number of nitrogens with one attached hydrogen (secondary N) is 4. The molecule has 2 aromatic carbocycles. The average Bonchev–Trinajstić information content (AvgIpc) is 3.67. The number of H-pyrrole nitrogens is 1. The number of aromatic amines is 1. The van der Waals surface area contributed by atoms with Crippen LogP contribution in [0.4, 0.5) is 4.79 Å². The molecule has 1 aliphatic carbocycles. The number of ether oxygens (including phenoxy) is 1. The Hall–Kier alpha value is -4.38. The highest BCUT2D eigenvalue weighted by molar-refractivity contribution is 6.35. The van der Waals surface area contributed by atoms with Crippen molar-refractivity contribution in [2.24, 2.45) is 11.8 Å². The molecule has 4 N–H and O–H groups in total. The van der Waals surface area contributed by atoms with Crippen LogP contribution in [0.1, 0.15) is 87.2 Å². The van der Waals surface area contributed by atoms with Crippen LogP contribution in [0.2, 0.25) is 5.02 Å². The van der Waals surface area contributed by atoms with Crippen molar-refractivity contribution in [3.63, 3.8) is 0 Å². The van der Waals surface area contributed by atoms with E-state index in [1.165, 1.54) is 0 Å². The maximum atomic E-state index is 14.6. The van der Waals surface area contributed by atoms with Crippen LogP contribution >= 0.6 is 11.6 Å². The molecule has 5 rings (SSSR count). The number of aromatic nitrogens is 3. The second-order valence-electron chi connectivity index (χ2n) is 13.1. The van der Waals surface area contributed by atoms with E-state index < -0.39 is 29.6 Å². The topological polar surface area (TPSA) is 151 Å². The molecule has 5 atom stereocenters. The smallest absolute Gasteiger partial charge is 0.408 e. The number of benzene rings is 2. The summed E-state index contributed by atoms with van der Waals surface area (Å²) in [5, 5.41) is 18.8. The monoisotopic (exact) mass is 676 g/mol. The summed E-state index contributed by atoms with van der Waals surface area (Å²) in [5.74, 6) is -0.428. The molecule has 0 fully saturated rings. The first-order valence-electron chi connectivity index (χ1n) is 16.6. The molecule has 256 valence electrons. The van der Waals surface area contributed by atoms with E-state index >= 15 is 0 Å².